The summed E-state index contributed by atoms with van der Waals surface area (Å²) in [7, 11) is 1.48. The molecule has 1 saturated heterocycles. The molecule has 5 rings (SSSR count). The number of nitrogens with zero attached hydrogens (tertiary/aromatic N) is 3. The van der Waals surface area contributed by atoms with Crippen LogP contribution in [-0.4, -0.2) is 40.6 Å². The minimum Gasteiger partial charge on any atom is -0.494 e. The predicted octanol–water partition coefficient (Wildman–Crippen LogP) is 4.34. The number of methoxy groups -OCH3 is 1. The molecule has 0 saturated carbocycles. The van der Waals surface area contributed by atoms with Crippen molar-refractivity contribution < 1.29 is 18.3 Å². The van der Waals surface area contributed by atoms with Crippen molar-refractivity contribution in [2.24, 2.45) is 0 Å². The lowest BCUT2D eigenvalue weighted by molar-refractivity contribution is -0.123. The van der Waals surface area contributed by atoms with Crippen LogP contribution in [0.4, 0.5) is 14.6 Å². The van der Waals surface area contributed by atoms with Crippen LogP contribution in [0.15, 0.2) is 54.9 Å². The van der Waals surface area contributed by atoms with Gasteiger partial charge in [0.1, 0.15) is 34.8 Å². The number of aromatic nitrogens is 3. The molecule has 0 bridgehead atoms. The Morgan fingerprint density at radius 3 is 2.76 bits per heavy atom. The summed E-state index contributed by atoms with van der Waals surface area (Å²) in [6.45, 7) is 0.624. The first-order chi connectivity index (χ1) is 16.5. The smallest absolute Gasteiger partial charge is 0.242 e. The zero-order chi connectivity index (χ0) is 23.7. The Balaban J connectivity index is 1.74. The lowest BCUT2D eigenvalue weighted by Crippen LogP contribution is -2.44. The molecule has 2 N–H and O–H groups in total. The maximum absolute atomic E-state index is 14.6. The van der Waals surface area contributed by atoms with E-state index in [2.05, 4.69) is 25.6 Å². The number of piperidine rings is 1. The summed E-state index contributed by atoms with van der Waals surface area (Å²) in [5, 5.41) is 6.60. The maximum atomic E-state index is 14.6. The van der Waals surface area contributed by atoms with Gasteiger partial charge in [-0.1, -0.05) is 0 Å². The van der Waals surface area contributed by atoms with Gasteiger partial charge in [0.05, 0.1) is 7.11 Å². The topological polar surface area (TPSA) is 89.0 Å². The number of hydrogen-bond donors (Lipinski definition) is 2. The van der Waals surface area contributed by atoms with E-state index in [1.54, 1.807) is 30.6 Å². The normalized spacial score (nSPS) is 15.7. The number of rotatable bonds is 5. The van der Waals surface area contributed by atoms with E-state index in [-0.39, 0.29) is 11.5 Å². The summed E-state index contributed by atoms with van der Waals surface area (Å²) >= 11 is 0. The Hall–Kier alpha value is -4.14. The molecule has 2 aromatic carbocycles. The number of halogens is 2. The SMILES string of the molecule is COc1cc(-c2cc(F)ccc2F)cc2c(NC3CCCNC3=O)nc(-c3cccnc3)nc12. The van der Waals surface area contributed by atoms with Gasteiger partial charge in [-0.05, 0) is 60.9 Å². The largest absolute Gasteiger partial charge is 0.494 e. The first-order valence-corrected chi connectivity index (χ1v) is 10.8. The molecule has 0 spiro atoms. The van der Waals surface area contributed by atoms with E-state index in [1.165, 1.54) is 7.11 Å². The molecule has 172 valence electrons. The second-order valence-corrected chi connectivity index (χ2v) is 7.97. The van der Waals surface area contributed by atoms with Crippen LogP contribution in [0.5, 0.6) is 5.75 Å². The van der Waals surface area contributed by atoms with E-state index in [0.29, 0.717) is 52.4 Å². The highest BCUT2D eigenvalue weighted by Crippen LogP contribution is 2.37. The van der Waals surface area contributed by atoms with Crippen LogP contribution in [0, 0.1) is 11.6 Å². The van der Waals surface area contributed by atoms with Gasteiger partial charge in [0.15, 0.2) is 5.82 Å². The fourth-order valence-corrected chi connectivity index (χ4v) is 4.04. The molecule has 9 heteroatoms. The van der Waals surface area contributed by atoms with Gasteiger partial charge < -0.3 is 15.4 Å². The van der Waals surface area contributed by atoms with Crippen LogP contribution >= 0.6 is 0 Å². The van der Waals surface area contributed by atoms with Gasteiger partial charge in [-0.2, -0.15) is 0 Å². The summed E-state index contributed by atoms with van der Waals surface area (Å²) in [5.41, 5.74) is 1.63. The number of ether oxygens (including phenoxy) is 1. The number of hydrogen-bond acceptors (Lipinski definition) is 6. The van der Waals surface area contributed by atoms with Crippen molar-refractivity contribution in [1.82, 2.24) is 20.3 Å². The summed E-state index contributed by atoms with van der Waals surface area (Å²) in [5.74, 6) is -0.113. The standard InChI is InChI=1S/C25H21F2N5O2/c1-34-21-11-15(17-12-16(26)6-7-19(17)27)10-18-22(21)31-23(14-4-2-8-28-13-14)32-24(18)30-20-5-3-9-29-25(20)33/h2,4,6-8,10-13,20H,3,5,9H2,1H3,(H,29,33)(H,30,31,32). The molecule has 1 aliphatic rings. The molecular formula is C25H21F2N5O2. The van der Waals surface area contributed by atoms with Crippen LogP contribution in [0.25, 0.3) is 33.4 Å². The molecule has 0 radical (unpaired) electrons. The van der Waals surface area contributed by atoms with Crippen LogP contribution in [0.1, 0.15) is 12.8 Å². The Bertz CT molecular complexity index is 1380. The maximum Gasteiger partial charge on any atom is 0.242 e. The number of benzene rings is 2. The third-order valence-electron chi connectivity index (χ3n) is 5.74. The van der Waals surface area contributed by atoms with E-state index >= 15 is 0 Å². The summed E-state index contributed by atoms with van der Waals surface area (Å²) in [4.78, 5) is 25.9. The average molecular weight is 461 g/mol. The van der Waals surface area contributed by atoms with E-state index in [0.717, 1.165) is 24.6 Å². The van der Waals surface area contributed by atoms with Gasteiger partial charge in [0.2, 0.25) is 5.91 Å². The van der Waals surface area contributed by atoms with E-state index in [4.69, 9.17) is 4.74 Å². The van der Waals surface area contributed by atoms with Crippen molar-refractivity contribution in [3.05, 3.63) is 66.5 Å². The molecule has 1 amide bonds. The average Bonchev–Trinajstić information content (AvgIpc) is 2.86. The molecule has 1 atom stereocenters. The van der Waals surface area contributed by atoms with Crippen molar-refractivity contribution in [3.8, 4) is 28.3 Å². The minimum atomic E-state index is -0.572. The lowest BCUT2D eigenvalue weighted by Gasteiger charge is -2.24. The van der Waals surface area contributed by atoms with E-state index < -0.39 is 17.7 Å². The number of pyridine rings is 1. The molecule has 7 nitrogen and oxygen atoms in total. The van der Waals surface area contributed by atoms with Gasteiger partial charge >= 0.3 is 0 Å². The zero-order valence-electron chi connectivity index (χ0n) is 18.3. The van der Waals surface area contributed by atoms with Gasteiger partial charge in [-0.15, -0.1) is 0 Å². The van der Waals surface area contributed by atoms with Crippen LogP contribution in [0.2, 0.25) is 0 Å². The van der Waals surface area contributed by atoms with Crippen LogP contribution in [0.3, 0.4) is 0 Å². The molecule has 1 aliphatic heterocycles. The Morgan fingerprint density at radius 2 is 2.00 bits per heavy atom. The first-order valence-electron chi connectivity index (χ1n) is 10.8. The third kappa shape index (κ3) is 4.12. The van der Waals surface area contributed by atoms with Crippen molar-refractivity contribution in [3.63, 3.8) is 0 Å². The third-order valence-corrected chi connectivity index (χ3v) is 5.74. The number of carbonyl (C=O) groups is 1. The second kappa shape index (κ2) is 9.01. The molecule has 34 heavy (non-hydrogen) atoms. The van der Waals surface area contributed by atoms with Crippen molar-refractivity contribution in [2.45, 2.75) is 18.9 Å². The highest BCUT2D eigenvalue weighted by atomic mass is 19.1. The van der Waals surface area contributed by atoms with Crippen LogP contribution < -0.4 is 15.4 Å². The van der Waals surface area contributed by atoms with Gasteiger partial charge in [-0.25, -0.2) is 18.7 Å². The molecule has 3 heterocycles. The molecule has 0 aliphatic carbocycles. The van der Waals surface area contributed by atoms with Crippen LogP contribution in [-0.2, 0) is 4.79 Å². The van der Waals surface area contributed by atoms with Gasteiger partial charge in [0, 0.05) is 35.5 Å². The minimum absolute atomic E-state index is 0.0814. The fourth-order valence-electron chi connectivity index (χ4n) is 4.04. The first kappa shape index (κ1) is 21.7. The van der Waals surface area contributed by atoms with Crippen molar-refractivity contribution in [1.29, 1.82) is 0 Å². The number of nitrogens with one attached hydrogen (secondary N) is 2. The number of anilines is 1. The Labute approximate surface area is 194 Å². The van der Waals surface area contributed by atoms with Crippen molar-refractivity contribution >= 4 is 22.6 Å². The highest BCUT2D eigenvalue weighted by molar-refractivity contribution is 5.99. The summed E-state index contributed by atoms with van der Waals surface area (Å²) in [6.07, 6.45) is 4.75. The van der Waals surface area contributed by atoms with Gasteiger partial charge in [0.25, 0.3) is 0 Å². The quantitative estimate of drug-likeness (QED) is 0.460. The molecule has 4 aromatic rings. The monoisotopic (exact) mass is 461 g/mol. The fraction of sp³-hybridized carbons (Fsp3) is 0.200. The molecular weight excluding hydrogens is 440 g/mol. The van der Waals surface area contributed by atoms with Crippen molar-refractivity contribution in [2.75, 3.05) is 19.0 Å². The van der Waals surface area contributed by atoms with E-state index in [9.17, 15) is 13.6 Å². The number of carbonyl (C=O) groups excluding carboxylic acids is 1. The number of amides is 1. The summed E-state index contributed by atoms with van der Waals surface area (Å²) in [6, 6.07) is 9.66. The van der Waals surface area contributed by atoms with E-state index in [1.807, 2.05) is 6.07 Å². The summed E-state index contributed by atoms with van der Waals surface area (Å²) < 4.78 is 34.1. The molecule has 1 fully saturated rings. The molecule has 2 aromatic heterocycles. The predicted molar refractivity (Wildman–Crippen MR) is 124 cm³/mol. The molecule has 1 unspecified atom stereocenters. The lowest BCUT2D eigenvalue weighted by atomic mass is 10.0. The zero-order valence-corrected chi connectivity index (χ0v) is 18.3. The number of fused-ring (bicyclic) bond motifs is 1. The van der Waals surface area contributed by atoms with Gasteiger partial charge in [-0.3, -0.25) is 9.78 Å². The second-order valence-electron chi connectivity index (χ2n) is 7.97. The Morgan fingerprint density at radius 1 is 1.12 bits per heavy atom. The Kier molecular flexibility index (Phi) is 5.75. The highest BCUT2D eigenvalue weighted by Gasteiger charge is 2.24.